The fourth-order valence-corrected chi connectivity index (χ4v) is 4.51. The van der Waals surface area contributed by atoms with Crippen LogP contribution in [0.25, 0.3) is 0 Å². The predicted molar refractivity (Wildman–Crippen MR) is 125 cm³/mol. The van der Waals surface area contributed by atoms with Crippen molar-refractivity contribution in [3.05, 3.63) is 65.2 Å². The highest BCUT2D eigenvalue weighted by Crippen LogP contribution is 2.39. The van der Waals surface area contributed by atoms with Crippen LogP contribution in [0.15, 0.2) is 48.5 Å². The highest BCUT2D eigenvalue weighted by molar-refractivity contribution is 6.26. The summed E-state index contributed by atoms with van der Waals surface area (Å²) >= 11 is 0. The Balaban J connectivity index is 1.38. The van der Waals surface area contributed by atoms with E-state index in [2.05, 4.69) is 10.6 Å². The van der Waals surface area contributed by atoms with E-state index in [4.69, 9.17) is 10.5 Å². The van der Waals surface area contributed by atoms with Crippen LogP contribution in [-0.2, 0) is 20.9 Å². The van der Waals surface area contributed by atoms with Gasteiger partial charge in [-0.25, -0.2) is 4.79 Å². The Labute approximate surface area is 201 Å². The first-order chi connectivity index (χ1) is 16.8. The molecule has 0 aliphatic carbocycles. The molecule has 1 fully saturated rings. The topological polar surface area (TPSA) is 148 Å². The average Bonchev–Trinajstić information content (AvgIpc) is 3.11. The lowest BCUT2D eigenvalue weighted by atomic mass is 9.82. The van der Waals surface area contributed by atoms with Gasteiger partial charge in [0, 0.05) is 18.7 Å². The normalized spacial score (nSPS) is 19.4. The molecule has 0 aromatic heterocycles. The summed E-state index contributed by atoms with van der Waals surface area (Å²) in [5.74, 6) is -2.39. The Bertz CT molecular complexity index is 1180. The van der Waals surface area contributed by atoms with Crippen LogP contribution in [0, 0.1) is 0 Å². The average molecular weight is 479 g/mol. The van der Waals surface area contributed by atoms with E-state index in [1.54, 1.807) is 6.07 Å². The Kier molecular flexibility index (Phi) is 6.81. The maximum atomic E-state index is 13.2. The number of carbonyl (C=O) groups excluding carboxylic acids is 5. The van der Waals surface area contributed by atoms with E-state index >= 15 is 0 Å². The number of rotatable bonds is 8. The lowest BCUT2D eigenvalue weighted by Gasteiger charge is -2.41. The number of nitrogens with two attached hydrogens (primary N) is 1. The van der Waals surface area contributed by atoms with Gasteiger partial charge in [-0.1, -0.05) is 36.4 Å². The molecule has 0 bridgehead atoms. The Morgan fingerprint density at radius 2 is 1.80 bits per heavy atom. The molecule has 0 spiro atoms. The Morgan fingerprint density at radius 1 is 1.03 bits per heavy atom. The van der Waals surface area contributed by atoms with Crippen LogP contribution < -0.4 is 16.4 Å². The van der Waals surface area contributed by atoms with Crippen molar-refractivity contribution in [1.82, 2.24) is 15.5 Å². The number of nitrogens with zero attached hydrogens (tertiary/aromatic N) is 1. The van der Waals surface area contributed by atoms with Crippen molar-refractivity contribution < 1.29 is 28.7 Å². The van der Waals surface area contributed by atoms with Crippen molar-refractivity contribution in [2.24, 2.45) is 0 Å². The summed E-state index contributed by atoms with van der Waals surface area (Å²) in [6, 6.07) is 13.9. The van der Waals surface area contributed by atoms with Gasteiger partial charge >= 0.3 is 6.09 Å². The van der Waals surface area contributed by atoms with Crippen LogP contribution in [0.2, 0.25) is 0 Å². The van der Waals surface area contributed by atoms with E-state index in [-0.39, 0.29) is 49.2 Å². The number of imide groups is 2. The minimum atomic E-state index is -1.51. The van der Waals surface area contributed by atoms with Crippen LogP contribution in [0.4, 0.5) is 10.5 Å². The number of ether oxygens (including phenoxy) is 1. The van der Waals surface area contributed by atoms with Crippen molar-refractivity contribution in [3.8, 4) is 0 Å². The van der Waals surface area contributed by atoms with Gasteiger partial charge in [0.2, 0.25) is 5.91 Å². The lowest BCUT2D eigenvalue weighted by Crippen LogP contribution is -2.64. The zero-order chi connectivity index (χ0) is 25.0. The predicted octanol–water partition coefficient (Wildman–Crippen LogP) is 2.14. The smallest absolute Gasteiger partial charge is 0.407 e. The molecule has 10 nitrogen and oxygen atoms in total. The quantitative estimate of drug-likeness (QED) is 0.299. The number of carbonyl (C=O) groups is 5. The molecule has 182 valence electrons. The summed E-state index contributed by atoms with van der Waals surface area (Å²) in [4.78, 5) is 64.1. The number of hydrogen-bond acceptors (Lipinski definition) is 7. The summed E-state index contributed by atoms with van der Waals surface area (Å²) < 4.78 is 5.17. The Hall–Kier alpha value is -4.21. The van der Waals surface area contributed by atoms with Crippen LogP contribution in [0.1, 0.15) is 58.4 Å². The van der Waals surface area contributed by atoms with Crippen molar-refractivity contribution in [2.75, 3.05) is 12.3 Å². The minimum Gasteiger partial charge on any atom is -0.445 e. The van der Waals surface area contributed by atoms with Crippen molar-refractivity contribution >= 4 is 35.4 Å². The number of piperidine rings is 1. The summed E-state index contributed by atoms with van der Waals surface area (Å²) in [5.41, 5.74) is 5.66. The molecule has 4 N–H and O–H groups in total. The summed E-state index contributed by atoms with van der Waals surface area (Å²) in [6.07, 6.45) is 0.463. The summed E-state index contributed by atoms with van der Waals surface area (Å²) in [6.45, 7) is 0.423. The zero-order valence-electron chi connectivity index (χ0n) is 19.0. The highest BCUT2D eigenvalue weighted by Gasteiger charge is 2.55. The molecule has 2 heterocycles. The third kappa shape index (κ3) is 4.72. The first-order valence-electron chi connectivity index (χ1n) is 11.4. The van der Waals surface area contributed by atoms with E-state index in [1.165, 1.54) is 12.1 Å². The largest absolute Gasteiger partial charge is 0.445 e. The summed E-state index contributed by atoms with van der Waals surface area (Å²) in [5, 5.41) is 4.93. The molecule has 2 aliphatic heterocycles. The molecule has 35 heavy (non-hydrogen) atoms. The maximum absolute atomic E-state index is 13.2. The fraction of sp³-hybridized carbons (Fsp3) is 0.320. The van der Waals surface area contributed by atoms with E-state index in [0.29, 0.717) is 12.8 Å². The first-order valence-corrected chi connectivity index (χ1v) is 11.4. The van der Waals surface area contributed by atoms with Crippen LogP contribution in [-0.4, -0.2) is 46.7 Å². The van der Waals surface area contributed by atoms with Gasteiger partial charge in [-0.05, 0) is 43.4 Å². The van der Waals surface area contributed by atoms with Crippen molar-refractivity contribution in [3.63, 3.8) is 0 Å². The minimum absolute atomic E-state index is 0.00130. The van der Waals surface area contributed by atoms with Crippen LogP contribution in [0.5, 0.6) is 0 Å². The van der Waals surface area contributed by atoms with Gasteiger partial charge in [-0.3, -0.25) is 29.4 Å². The van der Waals surface area contributed by atoms with Gasteiger partial charge in [0.15, 0.2) is 0 Å². The molecule has 0 radical (unpaired) electrons. The Morgan fingerprint density at radius 3 is 2.51 bits per heavy atom. The number of fused-ring (bicyclic) bond motifs is 1. The second-order valence-electron chi connectivity index (χ2n) is 8.57. The van der Waals surface area contributed by atoms with Crippen molar-refractivity contribution in [1.29, 1.82) is 0 Å². The standard InChI is InChI=1S/C25H26N4O6/c26-18-10-6-9-17-20(18)22(32)29(21(17)31)25(13-11-19(30)28-23(25)33)12-4-5-14-27-24(34)35-15-16-7-2-1-3-8-16/h1-3,6-10H,4-5,11-15,26H2,(H,27,34)(H,28,30,33). The van der Waals surface area contributed by atoms with Gasteiger partial charge in [0.1, 0.15) is 12.1 Å². The SMILES string of the molecule is Nc1cccc2c1C(=O)N(C1(CCCCNC(=O)OCc3ccccc3)CCC(=O)NC1=O)C2=O. The van der Waals surface area contributed by atoms with Crippen LogP contribution >= 0.6 is 0 Å². The number of unbranched alkanes of at least 4 members (excludes halogenated alkanes) is 1. The number of amides is 5. The maximum Gasteiger partial charge on any atom is 0.407 e. The zero-order valence-corrected chi connectivity index (χ0v) is 19.0. The number of nitrogen functional groups attached to an aromatic ring is 1. The van der Waals surface area contributed by atoms with Crippen molar-refractivity contribution in [2.45, 2.75) is 44.2 Å². The molecule has 10 heteroatoms. The lowest BCUT2D eigenvalue weighted by molar-refractivity contribution is -0.142. The van der Waals surface area contributed by atoms with Gasteiger partial charge in [-0.15, -0.1) is 0 Å². The van der Waals surface area contributed by atoms with E-state index in [1.807, 2.05) is 30.3 Å². The molecule has 5 amide bonds. The van der Waals surface area contributed by atoms with Gasteiger partial charge in [0.05, 0.1) is 11.1 Å². The van der Waals surface area contributed by atoms with Crippen LogP contribution in [0.3, 0.4) is 0 Å². The molecular formula is C25H26N4O6. The van der Waals surface area contributed by atoms with Gasteiger partial charge < -0.3 is 15.8 Å². The molecule has 1 atom stereocenters. The molecule has 1 saturated heterocycles. The number of benzene rings is 2. The third-order valence-corrected chi connectivity index (χ3v) is 6.32. The molecule has 4 rings (SSSR count). The number of hydrogen-bond donors (Lipinski definition) is 3. The summed E-state index contributed by atoms with van der Waals surface area (Å²) in [7, 11) is 0. The van der Waals surface area contributed by atoms with E-state index in [9.17, 15) is 24.0 Å². The second-order valence-corrected chi connectivity index (χ2v) is 8.57. The molecule has 2 aromatic rings. The third-order valence-electron chi connectivity index (χ3n) is 6.32. The highest BCUT2D eigenvalue weighted by atomic mass is 16.5. The number of anilines is 1. The van der Waals surface area contributed by atoms with Gasteiger partial charge in [-0.2, -0.15) is 0 Å². The van der Waals surface area contributed by atoms with E-state index < -0.39 is 35.3 Å². The molecule has 2 aliphatic rings. The molecule has 2 aromatic carbocycles. The number of nitrogens with one attached hydrogen (secondary N) is 2. The number of alkyl carbamates (subject to hydrolysis) is 1. The monoisotopic (exact) mass is 478 g/mol. The molecule has 1 unspecified atom stereocenters. The molecular weight excluding hydrogens is 452 g/mol. The first kappa shape index (κ1) is 23.9. The van der Waals surface area contributed by atoms with Gasteiger partial charge in [0.25, 0.3) is 17.7 Å². The second kappa shape index (κ2) is 9.96. The fourth-order valence-electron chi connectivity index (χ4n) is 4.51. The molecule has 0 saturated carbocycles. The van der Waals surface area contributed by atoms with E-state index in [0.717, 1.165) is 10.5 Å².